The maximum atomic E-state index is 14.8. The van der Waals surface area contributed by atoms with Crippen LogP contribution in [0, 0.1) is 11.3 Å². The van der Waals surface area contributed by atoms with Crippen molar-refractivity contribution in [2.75, 3.05) is 18.4 Å². The van der Waals surface area contributed by atoms with Gasteiger partial charge in [0.05, 0.1) is 24.0 Å². The van der Waals surface area contributed by atoms with Crippen molar-refractivity contribution in [2.24, 2.45) is 0 Å². The fourth-order valence-corrected chi connectivity index (χ4v) is 3.99. The van der Waals surface area contributed by atoms with E-state index in [4.69, 9.17) is 4.74 Å². The molecule has 0 aliphatic carbocycles. The summed E-state index contributed by atoms with van der Waals surface area (Å²) in [6, 6.07) is 10.3. The molecule has 12 heteroatoms. The average molecular weight is 520 g/mol. The number of carbonyl (C=O) groups excluding carboxylic acids is 2. The number of piperidine rings is 1. The average Bonchev–Trinajstić information content (AvgIpc) is 2.90. The lowest BCUT2D eigenvalue weighted by Gasteiger charge is -2.35. The minimum atomic E-state index is -1.47. The van der Waals surface area contributed by atoms with Crippen molar-refractivity contribution in [1.82, 2.24) is 24.8 Å². The van der Waals surface area contributed by atoms with Gasteiger partial charge in [0.15, 0.2) is 12.0 Å². The largest absolute Gasteiger partial charge is 0.486 e. The Balaban J connectivity index is 1.45. The maximum Gasteiger partial charge on any atom is 0.251 e. The van der Waals surface area contributed by atoms with Gasteiger partial charge in [-0.2, -0.15) is 10.2 Å². The smallest absolute Gasteiger partial charge is 0.251 e. The molecule has 1 fully saturated rings. The number of ketones is 1. The molecule has 4 rings (SSSR count). The number of alkyl halides is 1. The first-order chi connectivity index (χ1) is 18.2. The highest BCUT2D eigenvalue weighted by atomic mass is 19.1. The van der Waals surface area contributed by atoms with Gasteiger partial charge in [0.2, 0.25) is 5.95 Å². The van der Waals surface area contributed by atoms with E-state index in [0.717, 1.165) is 0 Å². The number of hydrogen-bond acceptors (Lipinski definition) is 10. The number of nitrogens with one attached hydrogen (secondary N) is 1. The number of Topliss-reactive ketones (excluding diaryl/α,β-unsaturated/α-hetero) is 1. The molecular formula is C26H26FN7O4. The molecule has 11 nitrogen and oxygen atoms in total. The van der Waals surface area contributed by atoms with Gasteiger partial charge in [-0.1, -0.05) is 0 Å². The number of carbonyl (C=O) groups is 2. The summed E-state index contributed by atoms with van der Waals surface area (Å²) < 4.78 is 20.6. The zero-order chi connectivity index (χ0) is 27.2. The number of aliphatic hydroxyl groups is 1. The molecule has 0 bridgehead atoms. The molecule has 0 saturated carbocycles. The highest BCUT2D eigenvalue weighted by Crippen LogP contribution is 2.28. The summed E-state index contributed by atoms with van der Waals surface area (Å²) in [5, 5.41) is 22.2. The molecule has 0 radical (unpaired) electrons. The number of rotatable bonds is 8. The molecule has 3 atom stereocenters. The van der Waals surface area contributed by atoms with Gasteiger partial charge in [0, 0.05) is 30.6 Å². The fourth-order valence-electron chi connectivity index (χ4n) is 3.99. The number of nitrogens with zero attached hydrogens (tertiary/aromatic N) is 6. The van der Waals surface area contributed by atoms with Crippen molar-refractivity contribution in [1.29, 1.82) is 5.26 Å². The zero-order valence-corrected chi connectivity index (χ0v) is 20.8. The lowest BCUT2D eigenvalue weighted by Crippen LogP contribution is -2.51. The summed E-state index contributed by atoms with van der Waals surface area (Å²) >= 11 is 0. The molecule has 2 aromatic heterocycles. The number of pyridine rings is 1. The Morgan fingerprint density at radius 2 is 2.11 bits per heavy atom. The number of aromatic nitrogens is 4. The van der Waals surface area contributed by atoms with Crippen molar-refractivity contribution >= 4 is 23.3 Å². The van der Waals surface area contributed by atoms with Crippen LogP contribution in [0.3, 0.4) is 0 Å². The van der Waals surface area contributed by atoms with Gasteiger partial charge in [0.1, 0.15) is 36.1 Å². The second kappa shape index (κ2) is 11.7. The van der Waals surface area contributed by atoms with Gasteiger partial charge in [-0.05, 0) is 44.2 Å². The summed E-state index contributed by atoms with van der Waals surface area (Å²) in [7, 11) is 0. The number of nitriles is 1. The predicted molar refractivity (Wildman–Crippen MR) is 134 cm³/mol. The molecule has 1 aliphatic rings. The monoisotopic (exact) mass is 519 g/mol. The Labute approximate surface area is 218 Å². The number of aliphatic hydroxyl groups excluding tert-OH is 1. The topological polar surface area (TPSA) is 154 Å². The van der Waals surface area contributed by atoms with Crippen molar-refractivity contribution in [2.45, 2.75) is 45.1 Å². The van der Waals surface area contributed by atoms with E-state index in [1.54, 1.807) is 36.5 Å². The minimum absolute atomic E-state index is 0.0209. The van der Waals surface area contributed by atoms with Gasteiger partial charge in [-0.3, -0.25) is 14.6 Å². The fraction of sp³-hybridized carbons (Fsp3) is 0.346. The first kappa shape index (κ1) is 26.6. The van der Waals surface area contributed by atoms with Crippen LogP contribution in [0.5, 0.6) is 5.75 Å². The molecule has 3 aromatic rings. The molecule has 1 saturated heterocycles. The highest BCUT2D eigenvalue weighted by molar-refractivity contribution is 5.80. The predicted octanol–water partition coefficient (Wildman–Crippen LogP) is 2.38. The van der Waals surface area contributed by atoms with Crippen molar-refractivity contribution in [3.8, 4) is 23.2 Å². The molecule has 2 N–H and O–H groups in total. The molecule has 1 amide bonds. The van der Waals surface area contributed by atoms with Gasteiger partial charge in [0.25, 0.3) is 5.91 Å². The van der Waals surface area contributed by atoms with Crippen LogP contribution in [0.2, 0.25) is 0 Å². The number of hydrogen-bond donors (Lipinski definition) is 2. The first-order valence-electron chi connectivity index (χ1n) is 12.0. The summed E-state index contributed by atoms with van der Waals surface area (Å²) in [6.07, 6.45) is -0.127. The SMILES string of the molecule is CC(=O)Cc1ccc(Nc2ncnc(-c3ccc(O[C@H]4CCN(C(=O)[C@H](C)O)C[C@H]4F)c(C#N)c3)n2)cn1. The normalized spacial score (nSPS) is 17.8. The highest BCUT2D eigenvalue weighted by Gasteiger charge is 2.34. The molecular weight excluding hydrogens is 493 g/mol. The van der Waals surface area contributed by atoms with Gasteiger partial charge in [-0.25, -0.2) is 14.4 Å². The maximum absolute atomic E-state index is 14.8. The number of ether oxygens (including phenoxy) is 1. The van der Waals surface area contributed by atoms with Crippen LogP contribution in [-0.4, -0.2) is 73.1 Å². The first-order valence-corrected chi connectivity index (χ1v) is 12.0. The van der Waals surface area contributed by atoms with Gasteiger partial charge >= 0.3 is 0 Å². The van der Waals surface area contributed by atoms with E-state index >= 15 is 0 Å². The summed E-state index contributed by atoms with van der Waals surface area (Å²) in [5.41, 5.74) is 1.99. The third kappa shape index (κ3) is 6.43. The third-order valence-corrected chi connectivity index (χ3v) is 5.87. The van der Waals surface area contributed by atoms with Crippen LogP contribution in [0.25, 0.3) is 11.4 Å². The number of amides is 1. The Bertz CT molecular complexity index is 1360. The van der Waals surface area contributed by atoms with E-state index in [2.05, 4.69) is 31.3 Å². The molecule has 0 unspecified atom stereocenters. The standard InChI is InChI=1S/C26H26FN7O4/c1-15(35)9-19-4-5-20(12-29-19)32-26-31-14-30-24(33-26)17-3-6-22(18(10-17)11-28)38-23-7-8-34(13-21(23)27)25(37)16(2)36/h3-6,10,12,14,16,21,23,36H,7-9,13H2,1-2H3,(H,30,31,32,33)/t16-,21+,23-/m0/s1. The van der Waals surface area contributed by atoms with Crippen LogP contribution >= 0.6 is 0 Å². The number of halogens is 1. The van der Waals surface area contributed by atoms with Gasteiger partial charge in [-0.15, -0.1) is 0 Å². The summed E-state index contributed by atoms with van der Waals surface area (Å²) in [6.45, 7) is 2.89. The quantitative estimate of drug-likeness (QED) is 0.453. The van der Waals surface area contributed by atoms with Crippen molar-refractivity contribution in [3.05, 3.63) is 54.1 Å². The van der Waals surface area contributed by atoms with Gasteiger partial charge < -0.3 is 20.1 Å². The van der Waals surface area contributed by atoms with E-state index in [1.165, 1.54) is 25.1 Å². The van der Waals surface area contributed by atoms with Crippen LogP contribution in [0.15, 0.2) is 42.9 Å². The number of likely N-dealkylation sites (tertiary alicyclic amines) is 1. The Hall–Kier alpha value is -4.50. The Kier molecular flexibility index (Phi) is 8.18. The summed E-state index contributed by atoms with van der Waals surface area (Å²) in [5.74, 6) is 0.269. The molecule has 38 heavy (non-hydrogen) atoms. The molecule has 0 spiro atoms. The van der Waals surface area contributed by atoms with E-state index in [1.807, 2.05) is 0 Å². The van der Waals surface area contributed by atoms with Crippen LogP contribution < -0.4 is 10.1 Å². The number of benzene rings is 1. The minimum Gasteiger partial charge on any atom is -0.486 e. The molecule has 1 aliphatic heterocycles. The van der Waals surface area contributed by atoms with Crippen molar-refractivity contribution in [3.63, 3.8) is 0 Å². The van der Waals surface area contributed by atoms with Crippen LogP contribution in [-0.2, 0) is 16.0 Å². The lowest BCUT2D eigenvalue weighted by atomic mass is 10.0. The Morgan fingerprint density at radius 1 is 1.29 bits per heavy atom. The Morgan fingerprint density at radius 3 is 2.76 bits per heavy atom. The van der Waals surface area contributed by atoms with Crippen LogP contribution in [0.1, 0.15) is 31.5 Å². The van der Waals surface area contributed by atoms with E-state index < -0.39 is 24.3 Å². The lowest BCUT2D eigenvalue weighted by molar-refractivity contribution is -0.143. The van der Waals surface area contributed by atoms with E-state index in [9.17, 15) is 24.3 Å². The molecule has 196 valence electrons. The van der Waals surface area contributed by atoms with Crippen molar-refractivity contribution < 1.29 is 23.8 Å². The van der Waals surface area contributed by atoms with E-state index in [-0.39, 0.29) is 49.0 Å². The summed E-state index contributed by atoms with van der Waals surface area (Å²) in [4.78, 5) is 41.4. The van der Waals surface area contributed by atoms with Crippen LogP contribution in [0.4, 0.5) is 16.0 Å². The second-order valence-corrected chi connectivity index (χ2v) is 8.92. The second-order valence-electron chi connectivity index (χ2n) is 8.92. The molecule has 3 heterocycles. The zero-order valence-electron chi connectivity index (χ0n) is 20.8. The third-order valence-electron chi connectivity index (χ3n) is 5.87. The van der Waals surface area contributed by atoms with E-state index in [0.29, 0.717) is 22.8 Å². The number of anilines is 2. The molecule has 1 aromatic carbocycles.